The summed E-state index contributed by atoms with van der Waals surface area (Å²) in [6.45, 7) is 4.75. The van der Waals surface area contributed by atoms with Crippen molar-refractivity contribution in [1.82, 2.24) is 5.32 Å². The molecule has 0 spiro atoms. The van der Waals surface area contributed by atoms with Crippen LogP contribution in [0.2, 0.25) is 0 Å². The van der Waals surface area contributed by atoms with Crippen molar-refractivity contribution in [2.75, 3.05) is 18.9 Å². The van der Waals surface area contributed by atoms with E-state index < -0.39 is 0 Å². The van der Waals surface area contributed by atoms with Gasteiger partial charge in [0.05, 0.1) is 6.42 Å². The van der Waals surface area contributed by atoms with Crippen molar-refractivity contribution < 1.29 is 9.90 Å². The molecule has 1 amide bonds. The van der Waals surface area contributed by atoms with Crippen LogP contribution in [0.25, 0.3) is 0 Å². The van der Waals surface area contributed by atoms with Gasteiger partial charge in [0.1, 0.15) is 0 Å². The minimum absolute atomic E-state index is 0.00853. The van der Waals surface area contributed by atoms with Gasteiger partial charge in [-0.15, -0.1) is 0 Å². The molecule has 0 saturated heterocycles. The van der Waals surface area contributed by atoms with Crippen LogP contribution in [0.1, 0.15) is 25.8 Å². The average molecular weight is 250 g/mol. The fourth-order valence-corrected chi connectivity index (χ4v) is 1.61. The van der Waals surface area contributed by atoms with Crippen molar-refractivity contribution >= 4 is 11.6 Å². The molecule has 1 aromatic rings. The van der Waals surface area contributed by atoms with Crippen molar-refractivity contribution in [3.63, 3.8) is 0 Å². The second-order valence-electron chi connectivity index (χ2n) is 5.33. The number of hydrogen-bond acceptors (Lipinski definition) is 3. The molecule has 4 nitrogen and oxygen atoms in total. The van der Waals surface area contributed by atoms with Crippen LogP contribution in [0.4, 0.5) is 5.69 Å². The summed E-state index contributed by atoms with van der Waals surface area (Å²) in [5.41, 5.74) is 7.15. The van der Waals surface area contributed by atoms with Gasteiger partial charge < -0.3 is 16.2 Å². The normalized spacial score (nSPS) is 11.3. The van der Waals surface area contributed by atoms with Crippen LogP contribution in [-0.4, -0.2) is 24.2 Å². The Morgan fingerprint density at radius 1 is 1.33 bits per heavy atom. The molecular weight excluding hydrogens is 228 g/mol. The van der Waals surface area contributed by atoms with Gasteiger partial charge in [-0.05, 0) is 29.5 Å². The molecular formula is C14H22N2O2. The monoisotopic (exact) mass is 250 g/mol. The van der Waals surface area contributed by atoms with Crippen LogP contribution in [0.15, 0.2) is 24.3 Å². The van der Waals surface area contributed by atoms with Crippen LogP contribution in [-0.2, 0) is 11.2 Å². The quantitative estimate of drug-likeness (QED) is 0.667. The molecule has 0 radical (unpaired) electrons. The number of hydrogen-bond donors (Lipinski definition) is 3. The van der Waals surface area contributed by atoms with Gasteiger partial charge in [-0.1, -0.05) is 26.0 Å². The van der Waals surface area contributed by atoms with Crippen LogP contribution in [0.5, 0.6) is 0 Å². The standard InChI is InChI=1S/C14H22N2O2/c1-14(2,7-8-17)10-16-13(18)9-11-3-5-12(15)6-4-11/h3-6,17H,7-10,15H2,1-2H3,(H,16,18). The Bertz CT molecular complexity index is 385. The molecule has 100 valence electrons. The van der Waals surface area contributed by atoms with Crippen molar-refractivity contribution in [1.29, 1.82) is 0 Å². The third-order valence-corrected chi connectivity index (χ3v) is 2.90. The molecule has 0 saturated carbocycles. The predicted octanol–water partition coefficient (Wildman–Crippen LogP) is 1.34. The number of carbonyl (C=O) groups is 1. The maximum absolute atomic E-state index is 11.7. The van der Waals surface area contributed by atoms with Crippen molar-refractivity contribution in [3.8, 4) is 0 Å². The van der Waals surface area contributed by atoms with E-state index in [1.165, 1.54) is 0 Å². The molecule has 4 N–H and O–H groups in total. The number of aliphatic hydroxyl groups is 1. The van der Waals surface area contributed by atoms with E-state index in [1.807, 2.05) is 26.0 Å². The Kier molecular flexibility index (Phi) is 5.16. The highest BCUT2D eigenvalue weighted by Gasteiger charge is 2.17. The van der Waals surface area contributed by atoms with Crippen molar-refractivity contribution in [3.05, 3.63) is 29.8 Å². The maximum Gasteiger partial charge on any atom is 0.224 e. The molecule has 0 unspecified atom stereocenters. The minimum Gasteiger partial charge on any atom is -0.399 e. The highest BCUT2D eigenvalue weighted by molar-refractivity contribution is 5.78. The van der Waals surface area contributed by atoms with Crippen molar-refractivity contribution in [2.45, 2.75) is 26.7 Å². The molecule has 0 bridgehead atoms. The number of anilines is 1. The molecule has 4 heteroatoms. The summed E-state index contributed by atoms with van der Waals surface area (Å²) in [5.74, 6) is -0.00853. The maximum atomic E-state index is 11.7. The van der Waals surface area contributed by atoms with E-state index in [1.54, 1.807) is 12.1 Å². The first-order chi connectivity index (χ1) is 8.43. The van der Waals surface area contributed by atoms with Gasteiger partial charge in [0.2, 0.25) is 5.91 Å². The molecule has 1 rings (SSSR count). The number of amides is 1. The summed E-state index contributed by atoms with van der Waals surface area (Å²) in [4.78, 5) is 11.7. The number of nitrogens with two attached hydrogens (primary N) is 1. The topological polar surface area (TPSA) is 75.3 Å². The number of aliphatic hydroxyl groups excluding tert-OH is 1. The van der Waals surface area contributed by atoms with Crippen LogP contribution in [0.3, 0.4) is 0 Å². The number of benzene rings is 1. The lowest BCUT2D eigenvalue weighted by Gasteiger charge is -2.23. The van der Waals surface area contributed by atoms with Gasteiger partial charge >= 0.3 is 0 Å². The van der Waals surface area contributed by atoms with Gasteiger partial charge in [0, 0.05) is 18.8 Å². The summed E-state index contributed by atoms with van der Waals surface area (Å²) < 4.78 is 0. The Hall–Kier alpha value is -1.55. The van der Waals surface area contributed by atoms with Crippen LogP contribution in [0, 0.1) is 5.41 Å². The largest absolute Gasteiger partial charge is 0.399 e. The molecule has 0 aromatic heterocycles. The fraction of sp³-hybridized carbons (Fsp3) is 0.500. The number of rotatable bonds is 6. The summed E-state index contributed by atoms with van der Waals surface area (Å²) in [7, 11) is 0. The first-order valence-corrected chi connectivity index (χ1v) is 6.15. The Morgan fingerprint density at radius 2 is 1.94 bits per heavy atom. The number of carbonyl (C=O) groups excluding carboxylic acids is 1. The zero-order valence-electron chi connectivity index (χ0n) is 11.1. The molecule has 0 aliphatic rings. The smallest absolute Gasteiger partial charge is 0.224 e. The van der Waals surface area contributed by atoms with E-state index in [0.717, 1.165) is 5.56 Å². The summed E-state index contributed by atoms with van der Waals surface area (Å²) in [5, 5.41) is 11.8. The van der Waals surface area contributed by atoms with E-state index in [0.29, 0.717) is 25.1 Å². The Balaban J connectivity index is 2.40. The van der Waals surface area contributed by atoms with Crippen LogP contribution < -0.4 is 11.1 Å². The highest BCUT2D eigenvalue weighted by atomic mass is 16.3. The van der Waals surface area contributed by atoms with Gasteiger partial charge in [0.25, 0.3) is 0 Å². The van der Waals surface area contributed by atoms with E-state index >= 15 is 0 Å². The lowest BCUT2D eigenvalue weighted by atomic mass is 9.89. The van der Waals surface area contributed by atoms with E-state index in [-0.39, 0.29) is 17.9 Å². The number of nitrogens with one attached hydrogen (secondary N) is 1. The van der Waals surface area contributed by atoms with Crippen molar-refractivity contribution in [2.24, 2.45) is 5.41 Å². The third-order valence-electron chi connectivity index (χ3n) is 2.90. The lowest BCUT2D eigenvalue weighted by molar-refractivity contribution is -0.120. The van der Waals surface area contributed by atoms with Gasteiger partial charge in [0.15, 0.2) is 0 Å². The molecule has 0 aliphatic heterocycles. The van der Waals surface area contributed by atoms with Gasteiger partial charge in [-0.25, -0.2) is 0 Å². The highest BCUT2D eigenvalue weighted by Crippen LogP contribution is 2.18. The Labute approximate surface area is 108 Å². The summed E-state index contributed by atoms with van der Waals surface area (Å²) >= 11 is 0. The Morgan fingerprint density at radius 3 is 2.50 bits per heavy atom. The SMILES string of the molecule is CC(C)(CCO)CNC(=O)Cc1ccc(N)cc1. The first kappa shape index (κ1) is 14.5. The average Bonchev–Trinajstić information content (AvgIpc) is 2.30. The molecule has 18 heavy (non-hydrogen) atoms. The zero-order valence-corrected chi connectivity index (χ0v) is 11.1. The van der Waals surface area contributed by atoms with Crippen LogP contribution >= 0.6 is 0 Å². The van der Waals surface area contributed by atoms with E-state index in [9.17, 15) is 4.79 Å². The van der Waals surface area contributed by atoms with Gasteiger partial charge in [-0.3, -0.25) is 4.79 Å². The second-order valence-corrected chi connectivity index (χ2v) is 5.33. The second kappa shape index (κ2) is 6.40. The lowest BCUT2D eigenvalue weighted by Crippen LogP contribution is -2.35. The molecule has 1 aromatic carbocycles. The fourth-order valence-electron chi connectivity index (χ4n) is 1.61. The first-order valence-electron chi connectivity index (χ1n) is 6.15. The molecule has 0 atom stereocenters. The molecule has 0 heterocycles. The van der Waals surface area contributed by atoms with Gasteiger partial charge in [-0.2, -0.15) is 0 Å². The van der Waals surface area contributed by atoms with E-state index in [2.05, 4.69) is 5.32 Å². The summed E-state index contributed by atoms with van der Waals surface area (Å²) in [6, 6.07) is 7.29. The summed E-state index contributed by atoms with van der Waals surface area (Å²) in [6.07, 6.45) is 1.03. The predicted molar refractivity (Wildman–Crippen MR) is 73.1 cm³/mol. The zero-order chi connectivity index (χ0) is 13.6. The molecule has 0 fully saturated rings. The number of nitrogen functional groups attached to an aromatic ring is 1. The molecule has 0 aliphatic carbocycles. The van der Waals surface area contributed by atoms with E-state index in [4.69, 9.17) is 10.8 Å². The minimum atomic E-state index is -0.0779. The third kappa shape index (κ3) is 5.19.